The van der Waals surface area contributed by atoms with Crippen LogP contribution < -0.4 is 10.6 Å². The van der Waals surface area contributed by atoms with Crippen molar-refractivity contribution in [3.8, 4) is 0 Å². The molecule has 0 aliphatic carbocycles. The van der Waals surface area contributed by atoms with Crippen LogP contribution in [0.25, 0.3) is 0 Å². The highest BCUT2D eigenvalue weighted by atomic mass is 35.5. The van der Waals surface area contributed by atoms with Gasteiger partial charge in [0.2, 0.25) is 5.91 Å². The topological polar surface area (TPSA) is 41.1 Å². The van der Waals surface area contributed by atoms with Crippen LogP contribution in [0.5, 0.6) is 0 Å². The van der Waals surface area contributed by atoms with Gasteiger partial charge in [-0.3, -0.25) is 4.79 Å². The van der Waals surface area contributed by atoms with Crippen LogP contribution in [0.1, 0.15) is 40.0 Å². The van der Waals surface area contributed by atoms with Crippen molar-refractivity contribution in [2.75, 3.05) is 19.6 Å². The molecule has 1 heterocycles. The lowest BCUT2D eigenvalue weighted by molar-refractivity contribution is -0.122. The van der Waals surface area contributed by atoms with E-state index >= 15 is 0 Å². The lowest BCUT2D eigenvalue weighted by Crippen LogP contribution is -2.29. The third-order valence-electron chi connectivity index (χ3n) is 2.73. The number of carbonyl (C=O) groups excluding carboxylic acids is 1. The monoisotopic (exact) mass is 248 g/mol. The SMILES string of the molecule is CC(C)(C)CC(=O)NCCC1CCNC1.Cl. The Morgan fingerprint density at radius 2 is 2.12 bits per heavy atom. The molecule has 1 unspecified atom stereocenters. The van der Waals surface area contributed by atoms with Crippen LogP contribution >= 0.6 is 12.4 Å². The molecule has 0 aromatic carbocycles. The minimum atomic E-state index is 0. The van der Waals surface area contributed by atoms with E-state index in [0.717, 1.165) is 32.0 Å². The summed E-state index contributed by atoms with van der Waals surface area (Å²) >= 11 is 0. The molecular formula is C12H25ClN2O. The van der Waals surface area contributed by atoms with E-state index in [2.05, 4.69) is 31.4 Å². The zero-order valence-electron chi connectivity index (χ0n) is 10.6. The van der Waals surface area contributed by atoms with Crippen molar-refractivity contribution in [3.63, 3.8) is 0 Å². The molecule has 1 saturated heterocycles. The summed E-state index contributed by atoms with van der Waals surface area (Å²) in [5, 5.41) is 6.34. The van der Waals surface area contributed by atoms with Gasteiger partial charge in [-0.2, -0.15) is 0 Å². The second-order valence-electron chi connectivity index (χ2n) is 5.73. The highest BCUT2D eigenvalue weighted by molar-refractivity contribution is 5.85. The summed E-state index contributed by atoms with van der Waals surface area (Å²) in [5.41, 5.74) is 0.0962. The molecule has 1 rings (SSSR count). The number of halogens is 1. The maximum absolute atomic E-state index is 11.5. The predicted molar refractivity (Wildman–Crippen MR) is 69.9 cm³/mol. The van der Waals surface area contributed by atoms with Gasteiger partial charge >= 0.3 is 0 Å². The van der Waals surface area contributed by atoms with Crippen LogP contribution in [0.4, 0.5) is 0 Å². The van der Waals surface area contributed by atoms with E-state index in [-0.39, 0.29) is 23.7 Å². The number of amides is 1. The average molecular weight is 249 g/mol. The van der Waals surface area contributed by atoms with Crippen molar-refractivity contribution in [1.29, 1.82) is 0 Å². The normalized spacial score (nSPS) is 20.3. The van der Waals surface area contributed by atoms with Crippen molar-refractivity contribution in [2.24, 2.45) is 11.3 Å². The largest absolute Gasteiger partial charge is 0.356 e. The molecule has 1 amide bonds. The molecular weight excluding hydrogens is 224 g/mol. The zero-order chi connectivity index (χ0) is 11.3. The Morgan fingerprint density at radius 1 is 1.44 bits per heavy atom. The molecule has 3 nitrogen and oxygen atoms in total. The lowest BCUT2D eigenvalue weighted by atomic mass is 9.92. The third kappa shape index (κ3) is 7.07. The molecule has 0 spiro atoms. The second-order valence-corrected chi connectivity index (χ2v) is 5.73. The molecule has 1 fully saturated rings. The number of hydrogen-bond acceptors (Lipinski definition) is 2. The van der Waals surface area contributed by atoms with Crippen LogP contribution in [-0.2, 0) is 4.79 Å². The number of hydrogen-bond donors (Lipinski definition) is 2. The minimum Gasteiger partial charge on any atom is -0.356 e. The van der Waals surface area contributed by atoms with E-state index in [1.807, 2.05) is 0 Å². The molecule has 0 bridgehead atoms. The Labute approximate surface area is 105 Å². The lowest BCUT2D eigenvalue weighted by Gasteiger charge is -2.17. The van der Waals surface area contributed by atoms with Gasteiger partial charge < -0.3 is 10.6 Å². The van der Waals surface area contributed by atoms with Gasteiger partial charge in [0.15, 0.2) is 0 Å². The van der Waals surface area contributed by atoms with Gasteiger partial charge in [-0.1, -0.05) is 20.8 Å². The molecule has 4 heteroatoms. The number of rotatable bonds is 4. The Kier molecular flexibility index (Phi) is 7.00. The fourth-order valence-electron chi connectivity index (χ4n) is 1.92. The van der Waals surface area contributed by atoms with Crippen molar-refractivity contribution in [3.05, 3.63) is 0 Å². The summed E-state index contributed by atoms with van der Waals surface area (Å²) in [7, 11) is 0. The summed E-state index contributed by atoms with van der Waals surface area (Å²) in [6.45, 7) is 9.37. The summed E-state index contributed by atoms with van der Waals surface area (Å²) in [6.07, 6.45) is 2.99. The number of carbonyl (C=O) groups is 1. The van der Waals surface area contributed by atoms with Crippen LogP contribution in [0.2, 0.25) is 0 Å². The zero-order valence-corrected chi connectivity index (χ0v) is 11.5. The Hall–Kier alpha value is -0.280. The van der Waals surface area contributed by atoms with Gasteiger partial charge in [-0.15, -0.1) is 12.4 Å². The Morgan fingerprint density at radius 3 is 2.62 bits per heavy atom. The van der Waals surface area contributed by atoms with Crippen LogP contribution in [0.3, 0.4) is 0 Å². The summed E-state index contributed by atoms with van der Waals surface area (Å²) in [5.74, 6) is 0.952. The smallest absolute Gasteiger partial charge is 0.220 e. The third-order valence-corrected chi connectivity index (χ3v) is 2.73. The van der Waals surface area contributed by atoms with Gasteiger partial charge in [0.25, 0.3) is 0 Å². The van der Waals surface area contributed by atoms with E-state index in [0.29, 0.717) is 6.42 Å². The van der Waals surface area contributed by atoms with Crippen LogP contribution in [0, 0.1) is 11.3 Å². The summed E-state index contributed by atoms with van der Waals surface area (Å²) in [6, 6.07) is 0. The first kappa shape index (κ1) is 15.7. The van der Waals surface area contributed by atoms with Gasteiger partial charge in [0.1, 0.15) is 0 Å². The first-order chi connectivity index (χ1) is 6.97. The fraction of sp³-hybridized carbons (Fsp3) is 0.917. The second kappa shape index (κ2) is 7.13. The summed E-state index contributed by atoms with van der Waals surface area (Å²) in [4.78, 5) is 11.5. The standard InChI is InChI=1S/C12H24N2O.ClH/c1-12(2,3)8-11(15)14-7-5-10-4-6-13-9-10;/h10,13H,4-9H2,1-3H3,(H,14,15);1H. The van der Waals surface area contributed by atoms with Crippen molar-refractivity contribution < 1.29 is 4.79 Å². The quantitative estimate of drug-likeness (QED) is 0.799. The van der Waals surface area contributed by atoms with Crippen molar-refractivity contribution in [1.82, 2.24) is 10.6 Å². The van der Waals surface area contributed by atoms with Gasteiger partial charge in [0, 0.05) is 13.0 Å². The first-order valence-electron chi connectivity index (χ1n) is 5.95. The molecule has 1 aliphatic heterocycles. The van der Waals surface area contributed by atoms with E-state index in [9.17, 15) is 4.79 Å². The first-order valence-corrected chi connectivity index (χ1v) is 5.95. The van der Waals surface area contributed by atoms with Crippen LogP contribution in [0.15, 0.2) is 0 Å². The van der Waals surface area contributed by atoms with Gasteiger partial charge in [-0.25, -0.2) is 0 Å². The molecule has 1 aliphatic rings. The fourth-order valence-corrected chi connectivity index (χ4v) is 1.92. The molecule has 0 aromatic rings. The van der Waals surface area contributed by atoms with E-state index in [1.54, 1.807) is 0 Å². The maximum atomic E-state index is 11.5. The van der Waals surface area contributed by atoms with E-state index in [4.69, 9.17) is 0 Å². The Balaban J connectivity index is 0.00000225. The Bertz CT molecular complexity index is 208. The van der Waals surface area contributed by atoms with E-state index < -0.39 is 0 Å². The molecule has 96 valence electrons. The molecule has 0 aromatic heterocycles. The maximum Gasteiger partial charge on any atom is 0.220 e. The van der Waals surface area contributed by atoms with Gasteiger partial charge in [0.05, 0.1) is 0 Å². The van der Waals surface area contributed by atoms with Crippen molar-refractivity contribution in [2.45, 2.75) is 40.0 Å². The molecule has 1 atom stereocenters. The molecule has 0 saturated carbocycles. The molecule has 16 heavy (non-hydrogen) atoms. The van der Waals surface area contributed by atoms with E-state index in [1.165, 1.54) is 6.42 Å². The molecule has 0 radical (unpaired) electrons. The van der Waals surface area contributed by atoms with Gasteiger partial charge in [-0.05, 0) is 37.3 Å². The van der Waals surface area contributed by atoms with Crippen LogP contribution in [-0.4, -0.2) is 25.5 Å². The number of nitrogens with one attached hydrogen (secondary N) is 2. The molecule has 2 N–H and O–H groups in total. The summed E-state index contributed by atoms with van der Waals surface area (Å²) < 4.78 is 0. The van der Waals surface area contributed by atoms with Crippen molar-refractivity contribution >= 4 is 18.3 Å². The predicted octanol–water partition coefficient (Wildman–Crippen LogP) is 1.96. The minimum absolute atomic E-state index is 0. The average Bonchev–Trinajstić information content (AvgIpc) is 2.53. The highest BCUT2D eigenvalue weighted by Crippen LogP contribution is 2.18. The highest BCUT2D eigenvalue weighted by Gasteiger charge is 2.17.